The number of furan rings is 1. The highest BCUT2D eigenvalue weighted by molar-refractivity contribution is 6.21. The van der Waals surface area contributed by atoms with Crippen LogP contribution in [0.3, 0.4) is 0 Å². The fourth-order valence-corrected chi connectivity index (χ4v) is 7.67. The minimum Gasteiger partial charge on any atom is -0.454 e. The van der Waals surface area contributed by atoms with Gasteiger partial charge in [-0.25, -0.2) is 4.85 Å². The summed E-state index contributed by atoms with van der Waals surface area (Å²) in [4.78, 5) is 3.95. The fourth-order valence-electron chi connectivity index (χ4n) is 7.67. The molecule has 0 saturated heterocycles. The van der Waals surface area contributed by atoms with Gasteiger partial charge in [0.25, 0.3) is 0 Å². The van der Waals surface area contributed by atoms with E-state index in [9.17, 15) is 5.26 Å². The molecule has 0 saturated carbocycles. The predicted molar refractivity (Wildman–Crippen MR) is 199 cm³/mol. The van der Waals surface area contributed by atoms with Crippen molar-refractivity contribution in [3.05, 3.63) is 163 Å². The first-order valence-corrected chi connectivity index (χ1v) is 16.1. The summed E-state index contributed by atoms with van der Waals surface area (Å²) in [6.07, 6.45) is 0. The van der Waals surface area contributed by atoms with E-state index >= 15 is 0 Å². The van der Waals surface area contributed by atoms with Crippen molar-refractivity contribution in [3.8, 4) is 28.6 Å². The van der Waals surface area contributed by atoms with Crippen molar-refractivity contribution in [1.29, 1.82) is 5.26 Å². The first-order valence-electron chi connectivity index (χ1n) is 16.1. The van der Waals surface area contributed by atoms with E-state index in [0.29, 0.717) is 22.4 Å². The molecule has 0 aliphatic heterocycles. The second kappa shape index (κ2) is 10.2. The molecule has 0 aliphatic rings. The molecule has 5 heteroatoms. The quantitative estimate of drug-likeness (QED) is 0.184. The lowest BCUT2D eigenvalue weighted by Crippen LogP contribution is -1.98. The first kappa shape index (κ1) is 27.1. The van der Waals surface area contributed by atoms with E-state index < -0.39 is 0 Å². The maximum Gasteiger partial charge on any atom is 0.195 e. The second-order valence-corrected chi connectivity index (χ2v) is 12.3. The molecule has 0 aliphatic carbocycles. The fraction of sp³-hybridized carbons (Fsp3) is 0. The molecule has 0 atom stereocenters. The predicted octanol–water partition coefficient (Wildman–Crippen LogP) is 11.9. The Morgan fingerprint density at radius 2 is 1.08 bits per heavy atom. The summed E-state index contributed by atoms with van der Waals surface area (Å²) >= 11 is 0. The third-order valence-electron chi connectivity index (χ3n) is 9.79. The van der Waals surface area contributed by atoms with Gasteiger partial charge in [0.05, 0.1) is 40.3 Å². The molecule has 0 amide bonds. The Hall–Kier alpha value is -7.08. The molecule has 10 rings (SSSR count). The van der Waals surface area contributed by atoms with Crippen molar-refractivity contribution >= 4 is 71.2 Å². The molecular weight excluding hydrogens is 601 g/mol. The van der Waals surface area contributed by atoms with Crippen LogP contribution < -0.4 is 0 Å². The van der Waals surface area contributed by atoms with Gasteiger partial charge in [0.1, 0.15) is 5.58 Å². The Labute approximate surface area is 280 Å². The minimum absolute atomic E-state index is 0.481. The molecule has 0 spiro atoms. The molecule has 7 aromatic carbocycles. The number of aromatic nitrogens is 2. The summed E-state index contributed by atoms with van der Waals surface area (Å²) in [7, 11) is 0. The molecule has 49 heavy (non-hydrogen) atoms. The van der Waals surface area contributed by atoms with Crippen LogP contribution in [-0.2, 0) is 0 Å². The average Bonchev–Trinajstić information content (AvgIpc) is 3.82. The molecule has 3 heterocycles. The van der Waals surface area contributed by atoms with Crippen LogP contribution >= 0.6 is 0 Å². The summed E-state index contributed by atoms with van der Waals surface area (Å²) < 4.78 is 11.0. The van der Waals surface area contributed by atoms with E-state index in [0.717, 1.165) is 76.9 Å². The zero-order valence-electron chi connectivity index (χ0n) is 26.1. The van der Waals surface area contributed by atoms with E-state index in [1.54, 1.807) is 0 Å². The van der Waals surface area contributed by atoms with Gasteiger partial charge in [0.15, 0.2) is 11.3 Å². The van der Waals surface area contributed by atoms with Crippen LogP contribution in [0.15, 0.2) is 150 Å². The van der Waals surface area contributed by atoms with Crippen molar-refractivity contribution < 1.29 is 4.42 Å². The van der Waals surface area contributed by atoms with E-state index in [1.807, 2.05) is 66.7 Å². The SMILES string of the molecule is [C-]#[N+]c1ccc(-n2c3ccccc3c3ccc4c5ccccc5oc4c32)cc1-c1cc(-n2c3ccccc3c3ccccc32)ccc1C#N. The molecule has 0 radical (unpaired) electrons. The Bertz CT molecular complexity index is 3030. The van der Waals surface area contributed by atoms with Gasteiger partial charge in [-0.05, 0) is 71.8 Å². The normalized spacial score (nSPS) is 11.6. The minimum atomic E-state index is 0.481. The average molecular weight is 625 g/mol. The lowest BCUT2D eigenvalue weighted by molar-refractivity contribution is 0.671. The molecule has 10 aromatic rings. The highest BCUT2D eigenvalue weighted by atomic mass is 16.3. The lowest BCUT2D eigenvalue weighted by Gasteiger charge is -2.15. The van der Waals surface area contributed by atoms with Crippen LogP contribution in [0, 0.1) is 17.9 Å². The Morgan fingerprint density at radius 3 is 1.78 bits per heavy atom. The van der Waals surface area contributed by atoms with Gasteiger partial charge in [-0.3, -0.25) is 0 Å². The second-order valence-electron chi connectivity index (χ2n) is 12.3. The van der Waals surface area contributed by atoms with Crippen LogP contribution in [0.4, 0.5) is 5.69 Å². The highest BCUT2D eigenvalue weighted by Gasteiger charge is 2.21. The Morgan fingerprint density at radius 1 is 0.531 bits per heavy atom. The summed E-state index contributed by atoms with van der Waals surface area (Å²) in [6.45, 7) is 8.16. The number of benzene rings is 7. The third kappa shape index (κ3) is 3.79. The molecule has 0 fully saturated rings. The molecule has 5 nitrogen and oxygen atoms in total. The van der Waals surface area contributed by atoms with Crippen molar-refractivity contribution in [1.82, 2.24) is 9.13 Å². The first-order chi connectivity index (χ1) is 24.2. The number of hydrogen-bond donors (Lipinski definition) is 0. The van der Waals surface area contributed by atoms with Crippen LogP contribution in [0.5, 0.6) is 0 Å². The monoisotopic (exact) mass is 624 g/mol. The van der Waals surface area contributed by atoms with Gasteiger partial charge in [-0.15, -0.1) is 0 Å². The smallest absolute Gasteiger partial charge is 0.195 e. The summed E-state index contributed by atoms with van der Waals surface area (Å²) in [5.41, 5.74) is 10.0. The van der Waals surface area contributed by atoms with E-state index in [4.69, 9.17) is 11.0 Å². The number of para-hydroxylation sites is 4. The highest BCUT2D eigenvalue weighted by Crippen LogP contribution is 2.43. The van der Waals surface area contributed by atoms with Gasteiger partial charge in [0, 0.05) is 43.7 Å². The van der Waals surface area contributed by atoms with Crippen molar-refractivity contribution in [3.63, 3.8) is 0 Å². The number of rotatable bonds is 3. The van der Waals surface area contributed by atoms with Gasteiger partial charge in [-0.2, -0.15) is 5.26 Å². The number of nitrogens with zero attached hydrogens (tertiary/aromatic N) is 4. The molecule has 0 bridgehead atoms. The number of nitriles is 1. The largest absolute Gasteiger partial charge is 0.454 e. The van der Waals surface area contributed by atoms with Gasteiger partial charge in [-0.1, -0.05) is 84.9 Å². The van der Waals surface area contributed by atoms with Crippen LogP contribution in [0.1, 0.15) is 5.56 Å². The molecule has 0 N–H and O–H groups in total. The van der Waals surface area contributed by atoms with Crippen molar-refractivity contribution in [2.24, 2.45) is 0 Å². The van der Waals surface area contributed by atoms with Gasteiger partial charge in [0.2, 0.25) is 0 Å². The summed E-state index contributed by atoms with van der Waals surface area (Å²) in [5, 5.41) is 17.0. The topological polar surface area (TPSA) is 51.1 Å². The number of fused-ring (bicyclic) bond motifs is 10. The zero-order chi connectivity index (χ0) is 32.6. The summed E-state index contributed by atoms with van der Waals surface area (Å²) in [6, 6.07) is 51.8. The van der Waals surface area contributed by atoms with Gasteiger partial charge >= 0.3 is 0 Å². The zero-order valence-corrected chi connectivity index (χ0v) is 26.1. The maximum atomic E-state index is 10.4. The van der Waals surface area contributed by atoms with E-state index in [2.05, 4.69) is 98.9 Å². The summed E-state index contributed by atoms with van der Waals surface area (Å²) in [5.74, 6) is 0. The maximum absolute atomic E-state index is 10.4. The third-order valence-corrected chi connectivity index (χ3v) is 9.79. The molecule has 0 unspecified atom stereocenters. The molecule has 3 aromatic heterocycles. The van der Waals surface area contributed by atoms with Crippen molar-refractivity contribution in [2.45, 2.75) is 0 Å². The lowest BCUT2D eigenvalue weighted by atomic mass is 9.97. The Balaban J connectivity index is 1.26. The van der Waals surface area contributed by atoms with Crippen molar-refractivity contribution in [2.75, 3.05) is 0 Å². The Kier molecular flexibility index (Phi) is 5.64. The van der Waals surface area contributed by atoms with Gasteiger partial charge < -0.3 is 13.6 Å². The molecule has 226 valence electrons. The number of hydrogen-bond acceptors (Lipinski definition) is 2. The van der Waals surface area contributed by atoms with Crippen LogP contribution in [0.2, 0.25) is 0 Å². The van der Waals surface area contributed by atoms with Crippen LogP contribution in [-0.4, -0.2) is 9.13 Å². The van der Waals surface area contributed by atoms with E-state index in [-0.39, 0.29) is 0 Å². The van der Waals surface area contributed by atoms with Crippen LogP contribution in [0.25, 0.3) is 92.9 Å². The standard InChI is InChI=1S/C44H24N4O/c1-46-38-23-20-29(48-41-16-8-4-12-32(41)34-21-22-35-33-13-5-9-17-42(33)49-44(35)43(34)48)25-37(38)36-24-28(19-18-27(36)26-45)47-39-14-6-2-10-30(39)31-11-3-7-15-40(31)47/h2-25H. The molecular formula is C44H24N4O. The van der Waals surface area contributed by atoms with E-state index in [1.165, 1.54) is 0 Å².